The Labute approximate surface area is 375 Å². The molecule has 20 heteroatoms. The van der Waals surface area contributed by atoms with E-state index in [2.05, 4.69) is 40.5 Å². The monoisotopic (exact) mass is 886 g/mol. The van der Waals surface area contributed by atoms with Crippen LogP contribution in [0.15, 0.2) is 73.1 Å². The number of carbonyl (C=O) groups excluding carboxylic acids is 2. The summed E-state index contributed by atoms with van der Waals surface area (Å²) in [5.74, 6) is -0.597. The first-order chi connectivity index (χ1) is 32.0. The van der Waals surface area contributed by atoms with E-state index in [1.165, 1.54) is 45.8 Å². The molecule has 2 saturated heterocycles. The average Bonchev–Trinajstić information content (AvgIpc) is 4.16. The zero-order chi connectivity index (χ0) is 46.2. The zero-order valence-electron chi connectivity index (χ0n) is 34.7. The van der Waals surface area contributed by atoms with Crippen LogP contribution in [0.25, 0.3) is 43.6 Å². The molecule has 2 aromatic carbocycles. The molecule has 2 fully saturated rings. The molecule has 2 amide bonds. The summed E-state index contributed by atoms with van der Waals surface area (Å²) in [6.45, 7) is 16.4. The van der Waals surface area contributed by atoms with Crippen molar-refractivity contribution in [3.63, 3.8) is 0 Å². The van der Waals surface area contributed by atoms with Crippen LogP contribution in [0.1, 0.15) is 56.1 Å². The average molecular weight is 887 g/mol. The molecule has 18 nitrogen and oxygen atoms in total. The molecule has 0 aliphatic carbocycles. The van der Waals surface area contributed by atoms with Crippen molar-refractivity contribution in [1.82, 2.24) is 40.2 Å². The smallest absolute Gasteiger partial charge is 0.255 e. The van der Waals surface area contributed by atoms with Crippen LogP contribution in [0.2, 0.25) is 0 Å². The summed E-state index contributed by atoms with van der Waals surface area (Å²) in [6, 6.07) is 18.2. The highest BCUT2D eigenvalue weighted by Crippen LogP contribution is 2.34. The van der Waals surface area contributed by atoms with E-state index in [9.17, 15) is 39.1 Å². The number of aliphatic hydroxyl groups excluding tert-OH is 2. The third-order valence-corrected chi connectivity index (χ3v) is 11.9. The Morgan fingerprint density at radius 2 is 1.09 bits per heavy atom. The van der Waals surface area contributed by atoms with E-state index >= 15 is 0 Å². The number of pyridine rings is 2. The molecule has 4 aliphatic heterocycles. The van der Waals surface area contributed by atoms with Crippen LogP contribution in [0, 0.1) is 47.4 Å². The van der Waals surface area contributed by atoms with Crippen LogP contribution < -0.4 is 20.4 Å². The number of fused-ring (bicyclic) bond motifs is 2. The lowest BCUT2D eigenvalue weighted by molar-refractivity contribution is 0.0957. The number of benzene rings is 2. The Morgan fingerprint density at radius 3 is 1.47 bits per heavy atom. The number of β-amino-alcohol motifs (C(OH)–C–C–N with tert-alkyl or cyclic N) is 2. The lowest BCUT2D eigenvalue weighted by atomic mass is 10.0. The van der Waals surface area contributed by atoms with E-state index in [0.29, 0.717) is 71.5 Å². The Morgan fingerprint density at radius 1 is 0.667 bits per heavy atom. The van der Waals surface area contributed by atoms with Gasteiger partial charge in [0.05, 0.1) is 106 Å². The second kappa shape index (κ2) is 17.5. The molecule has 4 aromatic heterocycles. The maximum Gasteiger partial charge on any atom is 0.255 e. The first-order valence-electron chi connectivity index (χ1n) is 20.7. The minimum Gasteiger partial charge on any atom is -0.383 e. The topological polar surface area (TPSA) is 223 Å². The van der Waals surface area contributed by atoms with Crippen LogP contribution in [0.5, 0.6) is 0 Å². The van der Waals surface area contributed by atoms with Gasteiger partial charge in [0.2, 0.25) is 0 Å². The predicted molar refractivity (Wildman–Crippen MR) is 232 cm³/mol. The maximum absolute atomic E-state index is 14.7. The molecule has 0 saturated carbocycles. The number of halogens is 2. The molecule has 66 heavy (non-hydrogen) atoms. The number of amides is 2. The standard InChI is InChI=1S/2C23H18FN7O2/c2*1-26-15-5-7-30(12-19(15)32)20-6-8-31(29-20)18-9-16(28-17-11-27-23(33)22(17)18)21-13(10-25)3-2-4-14(21)24/h2*2-4,6,8-9,15,19,32H,5,7,11-12H2,(H,27,33)/t2*15-,19-/m10/s1. The van der Waals surface area contributed by atoms with Gasteiger partial charge in [0.25, 0.3) is 23.9 Å². The second-order valence-corrected chi connectivity index (χ2v) is 15.8. The summed E-state index contributed by atoms with van der Waals surface area (Å²) >= 11 is 0. The highest BCUT2D eigenvalue weighted by atomic mass is 19.1. The number of hydrogen-bond acceptors (Lipinski definition) is 12. The molecule has 10 rings (SSSR count). The van der Waals surface area contributed by atoms with Gasteiger partial charge in [-0.15, -0.1) is 0 Å². The van der Waals surface area contributed by atoms with Gasteiger partial charge in [0, 0.05) is 50.5 Å². The molecule has 328 valence electrons. The fourth-order valence-corrected chi connectivity index (χ4v) is 8.58. The first kappa shape index (κ1) is 42.7. The summed E-state index contributed by atoms with van der Waals surface area (Å²) in [7, 11) is 0. The predicted octanol–water partition coefficient (Wildman–Crippen LogP) is 4.09. The number of anilines is 2. The summed E-state index contributed by atoms with van der Waals surface area (Å²) in [5.41, 5.74) is 3.31. The van der Waals surface area contributed by atoms with Crippen LogP contribution in [0.3, 0.4) is 0 Å². The van der Waals surface area contributed by atoms with Gasteiger partial charge in [-0.1, -0.05) is 12.1 Å². The van der Waals surface area contributed by atoms with Crippen molar-refractivity contribution in [2.75, 3.05) is 36.0 Å². The molecule has 0 radical (unpaired) electrons. The largest absolute Gasteiger partial charge is 0.383 e. The number of carbonyl (C=O) groups is 2. The number of hydrogen-bond donors (Lipinski definition) is 4. The van der Waals surface area contributed by atoms with Crippen molar-refractivity contribution >= 4 is 23.5 Å². The molecule has 6 aromatic rings. The second-order valence-electron chi connectivity index (χ2n) is 15.8. The van der Waals surface area contributed by atoms with Gasteiger partial charge in [-0.3, -0.25) is 9.59 Å². The number of nitriles is 2. The molecule has 4 atom stereocenters. The summed E-state index contributed by atoms with van der Waals surface area (Å²) in [5, 5.41) is 54.0. The Kier molecular flexibility index (Phi) is 11.4. The van der Waals surface area contributed by atoms with Crippen molar-refractivity contribution in [2.45, 2.75) is 50.2 Å². The number of aliphatic hydroxyl groups is 2. The summed E-state index contributed by atoms with van der Waals surface area (Å²) < 4.78 is 32.4. The molecule has 0 bridgehead atoms. The lowest BCUT2D eigenvalue weighted by Gasteiger charge is -2.30. The molecule has 4 N–H and O–H groups in total. The van der Waals surface area contributed by atoms with Crippen LogP contribution in [-0.4, -0.2) is 102 Å². The lowest BCUT2D eigenvalue weighted by Crippen LogP contribution is -2.45. The maximum atomic E-state index is 14.7. The van der Waals surface area contributed by atoms with Crippen molar-refractivity contribution in [2.24, 2.45) is 0 Å². The Hall–Kier alpha value is -8.56. The minimum atomic E-state index is -0.769. The van der Waals surface area contributed by atoms with Gasteiger partial charge < -0.3 is 40.3 Å². The SMILES string of the molecule is [C-]#[N+][C@@H]1CCN(c2ccn(-c3cc(-c4c(F)cccc4C#N)nc4c3C(=O)NC4)n2)C[C@H]1O.[C-]#[N+][C@H]1CCN(c2ccn(-c3cc(-c4c(F)cccc4C#N)nc4c3C(=O)NC4)n2)C[C@@H]1O. The van der Waals surface area contributed by atoms with Crippen molar-refractivity contribution < 1.29 is 28.6 Å². The number of nitrogens with one attached hydrogen (secondary N) is 2. The Balaban J connectivity index is 0.000000166. The quantitative estimate of drug-likeness (QED) is 0.174. The molecule has 0 unspecified atom stereocenters. The number of piperidine rings is 2. The van der Waals surface area contributed by atoms with Gasteiger partial charge in [-0.05, 0) is 36.4 Å². The fourth-order valence-electron chi connectivity index (χ4n) is 8.58. The molecule has 0 spiro atoms. The highest BCUT2D eigenvalue weighted by molar-refractivity contribution is 6.02. The molecule has 4 aliphatic rings. The number of aromatic nitrogens is 6. The van der Waals surface area contributed by atoms with Crippen molar-refractivity contribution in [3.05, 3.63) is 141 Å². The molecular weight excluding hydrogens is 851 g/mol. The van der Waals surface area contributed by atoms with E-state index in [-0.39, 0.29) is 71.6 Å². The van der Waals surface area contributed by atoms with Crippen LogP contribution in [-0.2, 0) is 13.1 Å². The van der Waals surface area contributed by atoms with Gasteiger partial charge in [0.15, 0.2) is 11.6 Å². The van der Waals surface area contributed by atoms with E-state index in [1.807, 2.05) is 21.9 Å². The molecule has 8 heterocycles. The highest BCUT2D eigenvalue weighted by Gasteiger charge is 2.35. The fraction of sp³-hybridized carbons (Fsp3) is 0.261. The van der Waals surface area contributed by atoms with Gasteiger partial charge in [-0.2, -0.15) is 20.7 Å². The summed E-state index contributed by atoms with van der Waals surface area (Å²) in [6.07, 6.45) is 2.88. The summed E-state index contributed by atoms with van der Waals surface area (Å²) in [4.78, 5) is 44.7. The van der Waals surface area contributed by atoms with Crippen LogP contribution >= 0.6 is 0 Å². The third-order valence-electron chi connectivity index (χ3n) is 11.9. The van der Waals surface area contributed by atoms with Crippen molar-refractivity contribution in [1.29, 1.82) is 10.5 Å². The van der Waals surface area contributed by atoms with E-state index in [0.717, 1.165) is 0 Å². The zero-order valence-corrected chi connectivity index (χ0v) is 34.7. The first-order valence-corrected chi connectivity index (χ1v) is 20.7. The van der Waals surface area contributed by atoms with Gasteiger partial charge in [0.1, 0.15) is 23.8 Å². The number of rotatable bonds is 6. The normalized spacial score (nSPS) is 19.5. The molecular formula is C46H36F2N14O4. The van der Waals surface area contributed by atoms with E-state index < -0.39 is 35.9 Å². The van der Waals surface area contributed by atoms with Crippen molar-refractivity contribution in [3.8, 4) is 46.0 Å². The third kappa shape index (κ3) is 7.77. The van der Waals surface area contributed by atoms with E-state index in [1.54, 1.807) is 36.7 Å². The Bertz CT molecular complexity index is 2910. The van der Waals surface area contributed by atoms with Gasteiger partial charge in [-0.25, -0.2) is 41.3 Å². The van der Waals surface area contributed by atoms with Crippen LogP contribution in [0.4, 0.5) is 20.4 Å². The van der Waals surface area contributed by atoms with E-state index in [4.69, 9.17) is 13.1 Å². The van der Waals surface area contributed by atoms with Gasteiger partial charge >= 0.3 is 0 Å². The number of nitrogens with zero attached hydrogens (tertiary/aromatic N) is 12. The minimum absolute atomic E-state index is 0.0696.